The summed E-state index contributed by atoms with van der Waals surface area (Å²) in [5.41, 5.74) is 4.72. The van der Waals surface area contributed by atoms with Gasteiger partial charge in [0, 0.05) is 23.0 Å². The van der Waals surface area contributed by atoms with E-state index in [1.165, 1.54) is 36.7 Å². The Morgan fingerprint density at radius 3 is 2.73 bits per heavy atom. The fourth-order valence-electron chi connectivity index (χ4n) is 3.32. The van der Waals surface area contributed by atoms with Crippen molar-refractivity contribution in [3.8, 4) is 11.3 Å². The molecule has 0 aliphatic heterocycles. The summed E-state index contributed by atoms with van der Waals surface area (Å²) in [4.78, 5) is 20.2. The van der Waals surface area contributed by atoms with Crippen molar-refractivity contribution in [3.05, 3.63) is 59.3 Å². The first kappa shape index (κ1) is 17.1. The van der Waals surface area contributed by atoms with Gasteiger partial charge in [-0.2, -0.15) is 0 Å². The highest BCUT2D eigenvalue weighted by Crippen LogP contribution is 2.38. The Bertz CT molecular complexity index is 954. The standard InChI is InChI=1S/C20H20FN3OS/c1-12-9-17(13(2)24(12)16-7-8-16)19(25)11-26-20-22-10-18(23-20)14-3-5-15(21)6-4-14/h3-6,9-10,16H,7-8,11H2,1-2H3,(H,22,23). The first-order chi connectivity index (χ1) is 12.5. The summed E-state index contributed by atoms with van der Waals surface area (Å²) < 4.78 is 15.3. The highest BCUT2D eigenvalue weighted by Gasteiger charge is 2.28. The minimum absolute atomic E-state index is 0.120. The maximum absolute atomic E-state index is 13.0. The van der Waals surface area contributed by atoms with Gasteiger partial charge in [0.25, 0.3) is 0 Å². The van der Waals surface area contributed by atoms with Crippen molar-refractivity contribution in [2.75, 3.05) is 5.75 Å². The van der Waals surface area contributed by atoms with Crippen molar-refractivity contribution in [2.45, 2.75) is 37.9 Å². The van der Waals surface area contributed by atoms with E-state index in [-0.39, 0.29) is 11.6 Å². The molecule has 2 aromatic heterocycles. The molecule has 4 nitrogen and oxygen atoms in total. The van der Waals surface area contributed by atoms with Crippen LogP contribution in [0.1, 0.15) is 40.6 Å². The van der Waals surface area contributed by atoms with Gasteiger partial charge >= 0.3 is 0 Å². The summed E-state index contributed by atoms with van der Waals surface area (Å²) in [7, 11) is 0. The van der Waals surface area contributed by atoms with Crippen LogP contribution >= 0.6 is 11.8 Å². The lowest BCUT2D eigenvalue weighted by Crippen LogP contribution is -2.06. The second kappa shape index (κ2) is 6.76. The predicted molar refractivity (Wildman–Crippen MR) is 101 cm³/mol. The van der Waals surface area contributed by atoms with Crippen LogP contribution in [0.25, 0.3) is 11.3 Å². The van der Waals surface area contributed by atoms with E-state index in [4.69, 9.17) is 0 Å². The van der Waals surface area contributed by atoms with Crippen molar-refractivity contribution < 1.29 is 9.18 Å². The zero-order valence-electron chi connectivity index (χ0n) is 14.8. The van der Waals surface area contributed by atoms with Crippen LogP contribution in [0, 0.1) is 19.7 Å². The normalized spacial score (nSPS) is 14.0. The zero-order valence-corrected chi connectivity index (χ0v) is 15.6. The molecule has 6 heteroatoms. The van der Waals surface area contributed by atoms with Gasteiger partial charge in [0.05, 0.1) is 17.6 Å². The monoisotopic (exact) mass is 369 g/mol. The van der Waals surface area contributed by atoms with E-state index in [9.17, 15) is 9.18 Å². The third kappa shape index (κ3) is 3.33. The number of nitrogens with one attached hydrogen (secondary N) is 1. The summed E-state index contributed by atoms with van der Waals surface area (Å²) in [5.74, 6) is 0.192. The number of aromatic nitrogens is 3. The number of rotatable bonds is 6. The molecule has 1 aromatic carbocycles. The number of H-pyrrole nitrogens is 1. The molecule has 0 bridgehead atoms. The predicted octanol–water partition coefficient (Wildman–Crippen LogP) is 4.94. The van der Waals surface area contributed by atoms with Gasteiger partial charge in [-0.05, 0) is 62.6 Å². The van der Waals surface area contributed by atoms with E-state index in [1.807, 2.05) is 13.0 Å². The van der Waals surface area contributed by atoms with E-state index in [1.54, 1.807) is 18.3 Å². The van der Waals surface area contributed by atoms with Crippen LogP contribution in [0.15, 0.2) is 41.7 Å². The van der Waals surface area contributed by atoms with Crippen molar-refractivity contribution >= 4 is 17.5 Å². The summed E-state index contributed by atoms with van der Waals surface area (Å²) in [5, 5.41) is 0.689. The van der Waals surface area contributed by atoms with Gasteiger partial charge in [-0.15, -0.1) is 0 Å². The van der Waals surface area contributed by atoms with E-state index in [0.29, 0.717) is 17.0 Å². The molecule has 0 radical (unpaired) electrons. The van der Waals surface area contributed by atoms with E-state index >= 15 is 0 Å². The number of halogens is 1. The highest BCUT2D eigenvalue weighted by atomic mass is 32.2. The van der Waals surface area contributed by atoms with Gasteiger partial charge in [-0.3, -0.25) is 4.79 Å². The quantitative estimate of drug-likeness (QED) is 0.494. The number of benzene rings is 1. The van der Waals surface area contributed by atoms with E-state index in [0.717, 1.165) is 28.2 Å². The zero-order chi connectivity index (χ0) is 18.3. The van der Waals surface area contributed by atoms with E-state index < -0.39 is 0 Å². The molecule has 4 rings (SSSR count). The second-order valence-electron chi connectivity index (χ2n) is 6.71. The first-order valence-corrected chi connectivity index (χ1v) is 9.67. The van der Waals surface area contributed by atoms with Crippen molar-refractivity contribution in [1.82, 2.24) is 14.5 Å². The fraction of sp³-hybridized carbons (Fsp3) is 0.300. The van der Waals surface area contributed by atoms with Crippen LogP contribution in [0.4, 0.5) is 4.39 Å². The molecule has 1 fully saturated rings. The Labute approximate surface area is 155 Å². The van der Waals surface area contributed by atoms with Crippen LogP contribution in [-0.4, -0.2) is 26.1 Å². The molecule has 1 aliphatic carbocycles. The molecule has 0 unspecified atom stereocenters. The Morgan fingerprint density at radius 1 is 1.31 bits per heavy atom. The number of hydrogen-bond acceptors (Lipinski definition) is 3. The van der Waals surface area contributed by atoms with Crippen LogP contribution in [0.2, 0.25) is 0 Å². The molecule has 1 aliphatic rings. The van der Waals surface area contributed by atoms with Crippen molar-refractivity contribution in [3.63, 3.8) is 0 Å². The van der Waals surface area contributed by atoms with Crippen LogP contribution in [0.3, 0.4) is 0 Å². The minimum Gasteiger partial charge on any atom is -0.345 e. The summed E-state index contributed by atoms with van der Waals surface area (Å²) in [6, 6.07) is 8.82. The summed E-state index contributed by atoms with van der Waals surface area (Å²) in [6.45, 7) is 4.10. The molecule has 3 aromatic rings. The molecule has 0 atom stereocenters. The fourth-order valence-corrected chi connectivity index (χ4v) is 4.05. The molecule has 0 saturated heterocycles. The number of Topliss-reactive ketones (excluding diaryl/α,β-unsaturated/α-hetero) is 1. The van der Waals surface area contributed by atoms with Gasteiger partial charge < -0.3 is 9.55 Å². The molecule has 1 saturated carbocycles. The summed E-state index contributed by atoms with van der Waals surface area (Å²) >= 11 is 1.39. The van der Waals surface area contributed by atoms with E-state index in [2.05, 4.69) is 21.5 Å². The molecule has 26 heavy (non-hydrogen) atoms. The van der Waals surface area contributed by atoms with Gasteiger partial charge in [-0.1, -0.05) is 11.8 Å². The largest absolute Gasteiger partial charge is 0.345 e. The molecule has 2 heterocycles. The Hall–Kier alpha value is -2.34. The number of nitrogens with zero attached hydrogens (tertiary/aromatic N) is 2. The minimum atomic E-state index is -0.266. The maximum Gasteiger partial charge on any atom is 0.175 e. The lowest BCUT2D eigenvalue weighted by atomic mass is 10.2. The van der Waals surface area contributed by atoms with Crippen molar-refractivity contribution in [2.24, 2.45) is 0 Å². The topological polar surface area (TPSA) is 50.7 Å². The Kier molecular flexibility index (Phi) is 4.44. The number of ketones is 1. The Morgan fingerprint density at radius 2 is 2.04 bits per heavy atom. The number of hydrogen-bond donors (Lipinski definition) is 1. The average Bonchev–Trinajstić information content (AvgIpc) is 3.26. The Balaban J connectivity index is 1.44. The number of carbonyl (C=O) groups is 1. The van der Waals surface area contributed by atoms with Crippen LogP contribution in [-0.2, 0) is 0 Å². The van der Waals surface area contributed by atoms with Gasteiger partial charge in [0.2, 0.25) is 0 Å². The SMILES string of the molecule is Cc1cc(C(=O)CSc2ncc(-c3ccc(F)cc3)[nH]2)c(C)n1C1CC1. The van der Waals surface area contributed by atoms with Gasteiger partial charge in [-0.25, -0.2) is 9.37 Å². The van der Waals surface area contributed by atoms with Crippen LogP contribution < -0.4 is 0 Å². The maximum atomic E-state index is 13.0. The molecule has 0 spiro atoms. The number of carbonyl (C=O) groups excluding carboxylic acids is 1. The second-order valence-corrected chi connectivity index (χ2v) is 7.67. The number of thioether (sulfide) groups is 1. The van der Waals surface area contributed by atoms with Crippen molar-refractivity contribution in [1.29, 1.82) is 0 Å². The molecule has 1 N–H and O–H groups in total. The number of imidazole rings is 1. The molecular weight excluding hydrogens is 349 g/mol. The smallest absolute Gasteiger partial charge is 0.175 e. The molecular formula is C20H20FN3OS. The third-order valence-electron chi connectivity index (χ3n) is 4.74. The lowest BCUT2D eigenvalue weighted by Gasteiger charge is -2.07. The lowest BCUT2D eigenvalue weighted by molar-refractivity contribution is 0.102. The van der Waals surface area contributed by atoms with Gasteiger partial charge in [0.1, 0.15) is 5.82 Å². The molecule has 0 amide bonds. The third-order valence-corrected chi connectivity index (χ3v) is 5.63. The molecule has 134 valence electrons. The van der Waals surface area contributed by atoms with Gasteiger partial charge in [0.15, 0.2) is 10.9 Å². The number of aryl methyl sites for hydroxylation is 1. The first-order valence-electron chi connectivity index (χ1n) is 8.68. The van der Waals surface area contributed by atoms with Crippen LogP contribution in [0.5, 0.6) is 0 Å². The highest BCUT2D eigenvalue weighted by molar-refractivity contribution is 7.99. The number of aromatic amines is 1. The summed E-state index contributed by atoms with van der Waals surface area (Å²) in [6.07, 6.45) is 4.12. The average molecular weight is 369 g/mol.